The summed E-state index contributed by atoms with van der Waals surface area (Å²) in [5, 5.41) is 0. The number of ether oxygens (including phenoxy) is 1. The van der Waals surface area contributed by atoms with Crippen LogP contribution >= 0.6 is 0 Å². The molecule has 1 fully saturated rings. The fraction of sp³-hybridized carbons (Fsp3) is 0.462. The lowest BCUT2D eigenvalue weighted by Gasteiger charge is -2.31. The van der Waals surface area contributed by atoms with E-state index in [0.717, 1.165) is 12.8 Å². The van der Waals surface area contributed by atoms with Crippen LogP contribution in [-0.2, 0) is 4.74 Å². The minimum atomic E-state index is -0.454. The first-order valence-electron chi connectivity index (χ1n) is 5.99. The molecule has 1 amide bonds. The van der Waals surface area contributed by atoms with E-state index >= 15 is 0 Å². The molecular formula is C13H17FN2O2. The number of carbonyl (C=O) groups is 1. The third-order valence-electron chi connectivity index (χ3n) is 3.21. The SMILES string of the molecule is CC1(CCCN)COC(=O)N1c1cccc(F)c1. The summed E-state index contributed by atoms with van der Waals surface area (Å²) < 4.78 is 18.3. The average Bonchev–Trinajstić information content (AvgIpc) is 2.63. The van der Waals surface area contributed by atoms with Crippen molar-refractivity contribution in [2.45, 2.75) is 25.3 Å². The van der Waals surface area contributed by atoms with Gasteiger partial charge in [0.2, 0.25) is 0 Å². The van der Waals surface area contributed by atoms with Crippen LogP contribution in [0.5, 0.6) is 0 Å². The highest BCUT2D eigenvalue weighted by Crippen LogP contribution is 2.34. The van der Waals surface area contributed by atoms with Crippen molar-refractivity contribution in [2.24, 2.45) is 5.73 Å². The summed E-state index contributed by atoms with van der Waals surface area (Å²) >= 11 is 0. The second kappa shape index (κ2) is 4.94. The van der Waals surface area contributed by atoms with E-state index in [1.54, 1.807) is 12.1 Å². The molecule has 0 bridgehead atoms. The predicted molar refractivity (Wildman–Crippen MR) is 66.9 cm³/mol. The molecule has 0 aliphatic carbocycles. The van der Waals surface area contributed by atoms with Crippen molar-refractivity contribution in [1.82, 2.24) is 0 Å². The van der Waals surface area contributed by atoms with Crippen LogP contribution in [0.1, 0.15) is 19.8 Å². The molecule has 0 saturated carbocycles. The Morgan fingerprint density at radius 2 is 2.33 bits per heavy atom. The molecule has 5 heteroatoms. The van der Waals surface area contributed by atoms with E-state index in [-0.39, 0.29) is 5.82 Å². The zero-order valence-electron chi connectivity index (χ0n) is 10.4. The number of nitrogens with two attached hydrogens (primary N) is 1. The molecule has 0 spiro atoms. The third-order valence-corrected chi connectivity index (χ3v) is 3.21. The first-order valence-corrected chi connectivity index (χ1v) is 5.99. The lowest BCUT2D eigenvalue weighted by Crippen LogP contribution is -2.45. The Kier molecular flexibility index (Phi) is 3.52. The van der Waals surface area contributed by atoms with Crippen LogP contribution in [0.3, 0.4) is 0 Å². The van der Waals surface area contributed by atoms with Gasteiger partial charge in [-0.15, -0.1) is 0 Å². The van der Waals surface area contributed by atoms with Crippen molar-refractivity contribution < 1.29 is 13.9 Å². The molecule has 98 valence electrons. The van der Waals surface area contributed by atoms with E-state index in [1.165, 1.54) is 17.0 Å². The fourth-order valence-electron chi connectivity index (χ4n) is 2.27. The van der Waals surface area contributed by atoms with Gasteiger partial charge in [0.05, 0.1) is 11.2 Å². The van der Waals surface area contributed by atoms with Gasteiger partial charge in [0.25, 0.3) is 0 Å². The molecule has 0 radical (unpaired) electrons. The van der Waals surface area contributed by atoms with Crippen molar-refractivity contribution in [3.63, 3.8) is 0 Å². The van der Waals surface area contributed by atoms with E-state index < -0.39 is 11.6 Å². The van der Waals surface area contributed by atoms with Crippen molar-refractivity contribution in [3.05, 3.63) is 30.1 Å². The molecule has 1 aliphatic heterocycles. The lowest BCUT2D eigenvalue weighted by molar-refractivity contribution is 0.173. The van der Waals surface area contributed by atoms with E-state index in [4.69, 9.17) is 10.5 Å². The average molecular weight is 252 g/mol. The second-order valence-corrected chi connectivity index (χ2v) is 4.76. The molecule has 1 aliphatic rings. The minimum Gasteiger partial charge on any atom is -0.447 e. The van der Waals surface area contributed by atoms with Crippen LogP contribution in [0.15, 0.2) is 24.3 Å². The van der Waals surface area contributed by atoms with Crippen molar-refractivity contribution in [2.75, 3.05) is 18.1 Å². The van der Waals surface area contributed by atoms with Gasteiger partial charge in [0.15, 0.2) is 0 Å². The minimum absolute atomic E-state index is 0.308. The largest absolute Gasteiger partial charge is 0.447 e. The van der Waals surface area contributed by atoms with E-state index in [1.807, 2.05) is 6.92 Å². The van der Waals surface area contributed by atoms with Gasteiger partial charge < -0.3 is 10.5 Å². The lowest BCUT2D eigenvalue weighted by atomic mass is 9.95. The summed E-state index contributed by atoms with van der Waals surface area (Å²) in [5.74, 6) is -0.367. The summed E-state index contributed by atoms with van der Waals surface area (Å²) in [4.78, 5) is 13.3. The Morgan fingerprint density at radius 3 is 3.00 bits per heavy atom. The zero-order chi connectivity index (χ0) is 13.2. The number of carbonyl (C=O) groups excluding carboxylic acids is 1. The Labute approximate surface area is 106 Å². The molecule has 2 rings (SSSR count). The summed E-state index contributed by atoms with van der Waals surface area (Å²) in [6.45, 7) is 2.79. The predicted octanol–water partition coefficient (Wildman–Crippen LogP) is 2.28. The van der Waals surface area contributed by atoms with Crippen LogP contribution in [-0.4, -0.2) is 24.8 Å². The van der Waals surface area contributed by atoms with Gasteiger partial charge in [-0.1, -0.05) is 6.07 Å². The van der Waals surface area contributed by atoms with Crippen LogP contribution in [0.2, 0.25) is 0 Å². The number of amides is 1. The maximum atomic E-state index is 13.3. The molecule has 1 atom stereocenters. The molecule has 1 heterocycles. The smallest absolute Gasteiger partial charge is 0.415 e. The van der Waals surface area contributed by atoms with Gasteiger partial charge in [0.1, 0.15) is 12.4 Å². The number of cyclic esters (lactones) is 1. The second-order valence-electron chi connectivity index (χ2n) is 4.76. The fourth-order valence-corrected chi connectivity index (χ4v) is 2.27. The Hall–Kier alpha value is -1.62. The summed E-state index contributed by atoms with van der Waals surface area (Å²) in [6, 6.07) is 5.98. The monoisotopic (exact) mass is 252 g/mol. The number of halogens is 1. The Bertz CT molecular complexity index is 452. The highest BCUT2D eigenvalue weighted by molar-refractivity contribution is 5.91. The van der Waals surface area contributed by atoms with E-state index in [9.17, 15) is 9.18 Å². The molecule has 1 unspecified atom stereocenters. The molecule has 1 aromatic carbocycles. The first kappa shape index (κ1) is 12.8. The van der Waals surface area contributed by atoms with Crippen molar-refractivity contribution >= 4 is 11.8 Å². The molecule has 2 N–H and O–H groups in total. The van der Waals surface area contributed by atoms with E-state index in [0.29, 0.717) is 18.8 Å². The molecule has 1 saturated heterocycles. The normalized spacial score (nSPS) is 23.3. The third kappa shape index (κ3) is 2.31. The number of benzene rings is 1. The highest BCUT2D eigenvalue weighted by atomic mass is 19.1. The molecule has 4 nitrogen and oxygen atoms in total. The van der Waals surface area contributed by atoms with Gasteiger partial charge in [0, 0.05) is 0 Å². The van der Waals surface area contributed by atoms with Crippen molar-refractivity contribution in [1.29, 1.82) is 0 Å². The maximum Gasteiger partial charge on any atom is 0.415 e. The molecule has 1 aromatic rings. The summed E-state index contributed by atoms with van der Waals surface area (Å²) in [6.07, 6.45) is 1.09. The first-order chi connectivity index (χ1) is 8.57. The van der Waals surface area contributed by atoms with Crippen LogP contribution in [0, 0.1) is 5.82 Å². The highest BCUT2D eigenvalue weighted by Gasteiger charge is 2.44. The molecule has 18 heavy (non-hydrogen) atoms. The Morgan fingerprint density at radius 1 is 1.56 bits per heavy atom. The number of hydrogen-bond donors (Lipinski definition) is 1. The van der Waals surface area contributed by atoms with Gasteiger partial charge in [-0.25, -0.2) is 9.18 Å². The number of rotatable bonds is 4. The van der Waals surface area contributed by atoms with Gasteiger partial charge in [-0.3, -0.25) is 4.90 Å². The van der Waals surface area contributed by atoms with Gasteiger partial charge >= 0.3 is 6.09 Å². The maximum absolute atomic E-state index is 13.3. The Balaban J connectivity index is 2.30. The van der Waals surface area contributed by atoms with Crippen LogP contribution in [0.4, 0.5) is 14.9 Å². The van der Waals surface area contributed by atoms with Crippen LogP contribution < -0.4 is 10.6 Å². The zero-order valence-corrected chi connectivity index (χ0v) is 10.4. The molecular weight excluding hydrogens is 235 g/mol. The van der Waals surface area contributed by atoms with Crippen LogP contribution in [0.25, 0.3) is 0 Å². The number of hydrogen-bond acceptors (Lipinski definition) is 3. The van der Waals surface area contributed by atoms with Gasteiger partial charge in [-0.2, -0.15) is 0 Å². The standard InChI is InChI=1S/C13H17FN2O2/c1-13(6-3-7-15)9-18-12(17)16(13)11-5-2-4-10(14)8-11/h2,4-5,8H,3,6-7,9,15H2,1H3. The summed E-state index contributed by atoms with van der Waals surface area (Å²) in [7, 11) is 0. The summed E-state index contributed by atoms with van der Waals surface area (Å²) in [5.41, 5.74) is 5.58. The number of nitrogens with zero attached hydrogens (tertiary/aromatic N) is 1. The molecule has 0 aromatic heterocycles. The van der Waals surface area contributed by atoms with Crippen molar-refractivity contribution in [3.8, 4) is 0 Å². The van der Waals surface area contributed by atoms with E-state index in [2.05, 4.69) is 0 Å². The quantitative estimate of drug-likeness (QED) is 0.894. The topological polar surface area (TPSA) is 55.6 Å². The number of anilines is 1. The van der Waals surface area contributed by atoms with Gasteiger partial charge in [-0.05, 0) is 44.5 Å².